The molecule has 4 heteroatoms. The number of hydrogen-bond donors (Lipinski definition) is 2. The van der Waals surface area contributed by atoms with Gasteiger partial charge in [0, 0.05) is 6.92 Å². The Morgan fingerprint density at radius 2 is 1.57 bits per heavy atom. The second kappa shape index (κ2) is 7.27. The third-order valence-electron chi connectivity index (χ3n) is 3.96. The van der Waals surface area contributed by atoms with Gasteiger partial charge in [-0.3, -0.25) is 9.59 Å². The van der Waals surface area contributed by atoms with Crippen LogP contribution in [-0.4, -0.2) is 17.9 Å². The van der Waals surface area contributed by atoms with Crippen LogP contribution in [0.2, 0.25) is 0 Å². The predicted octanol–water partition coefficient (Wildman–Crippen LogP) is 3.18. The zero-order valence-electron chi connectivity index (χ0n) is 14.1. The Bertz CT molecular complexity index is 704. The monoisotopic (exact) mass is 312 g/mol. The maximum absolute atomic E-state index is 12.5. The third-order valence-corrected chi connectivity index (χ3v) is 3.96. The van der Waals surface area contributed by atoms with Crippen LogP contribution >= 0.6 is 0 Å². The first kappa shape index (κ1) is 17.0. The van der Waals surface area contributed by atoms with Gasteiger partial charge in [0.05, 0.1) is 6.04 Å². The number of benzene rings is 2. The molecule has 0 saturated heterocycles. The molecule has 2 N–H and O–H groups in total. The summed E-state index contributed by atoms with van der Waals surface area (Å²) in [6.07, 6.45) is 0. The maximum atomic E-state index is 12.5. The molecule has 2 atom stereocenters. The topological polar surface area (TPSA) is 58.2 Å². The van der Waals surface area contributed by atoms with E-state index < -0.39 is 6.04 Å². The van der Waals surface area contributed by atoms with Crippen molar-refractivity contribution in [3.8, 4) is 0 Å². The van der Waals surface area contributed by atoms with Gasteiger partial charge >= 0.3 is 0 Å². The average molecular weight is 312 g/mol. The maximum Gasteiger partial charge on any atom is 0.243 e. The highest BCUT2D eigenvalue weighted by molar-refractivity contribution is 5.89. The van der Waals surface area contributed by atoms with Gasteiger partial charge < -0.3 is 10.6 Å². The number of rotatable bonds is 5. The van der Waals surface area contributed by atoms with Crippen molar-refractivity contribution in [1.29, 1.82) is 0 Å². The van der Waals surface area contributed by atoms with Crippen LogP contribution in [0.5, 0.6) is 0 Å². The SMILES string of the molecule is CC(=O)N[C@H](C(=O)N[C@H](C)c1cccc2ccccc12)C(C)C. The van der Waals surface area contributed by atoms with E-state index in [1.807, 2.05) is 45.0 Å². The van der Waals surface area contributed by atoms with E-state index in [4.69, 9.17) is 0 Å². The van der Waals surface area contributed by atoms with Crippen molar-refractivity contribution in [3.05, 3.63) is 48.0 Å². The van der Waals surface area contributed by atoms with E-state index in [0.717, 1.165) is 16.3 Å². The minimum absolute atomic E-state index is 0.0265. The van der Waals surface area contributed by atoms with Gasteiger partial charge in [-0.05, 0) is 29.2 Å². The molecule has 4 nitrogen and oxygen atoms in total. The van der Waals surface area contributed by atoms with Crippen LogP contribution in [0.3, 0.4) is 0 Å². The summed E-state index contributed by atoms with van der Waals surface area (Å²) in [6.45, 7) is 7.23. The minimum Gasteiger partial charge on any atom is -0.348 e. The van der Waals surface area contributed by atoms with E-state index in [-0.39, 0.29) is 23.8 Å². The smallest absolute Gasteiger partial charge is 0.243 e. The van der Waals surface area contributed by atoms with Crippen molar-refractivity contribution in [1.82, 2.24) is 10.6 Å². The molecule has 0 bridgehead atoms. The quantitative estimate of drug-likeness (QED) is 0.891. The van der Waals surface area contributed by atoms with E-state index >= 15 is 0 Å². The van der Waals surface area contributed by atoms with E-state index in [9.17, 15) is 9.59 Å². The zero-order chi connectivity index (χ0) is 17.0. The fourth-order valence-electron chi connectivity index (χ4n) is 2.76. The molecular weight excluding hydrogens is 288 g/mol. The Kier molecular flexibility index (Phi) is 5.37. The summed E-state index contributed by atoms with van der Waals surface area (Å²) in [5.41, 5.74) is 1.07. The first-order valence-electron chi connectivity index (χ1n) is 7.95. The van der Waals surface area contributed by atoms with Gasteiger partial charge in [0.15, 0.2) is 0 Å². The second-order valence-corrected chi connectivity index (χ2v) is 6.22. The molecule has 2 aromatic carbocycles. The number of carbonyl (C=O) groups excluding carboxylic acids is 2. The molecule has 2 amide bonds. The summed E-state index contributed by atoms with van der Waals surface area (Å²) < 4.78 is 0. The summed E-state index contributed by atoms with van der Waals surface area (Å²) in [5, 5.41) is 8.02. The normalized spacial score (nSPS) is 13.6. The van der Waals surface area contributed by atoms with Crippen LogP contribution in [0, 0.1) is 5.92 Å². The van der Waals surface area contributed by atoms with Crippen molar-refractivity contribution < 1.29 is 9.59 Å². The van der Waals surface area contributed by atoms with Gasteiger partial charge in [0.1, 0.15) is 6.04 Å². The average Bonchev–Trinajstić information content (AvgIpc) is 2.51. The summed E-state index contributed by atoms with van der Waals surface area (Å²) >= 11 is 0. The molecule has 0 spiro atoms. The molecule has 0 saturated carbocycles. The molecule has 2 aromatic rings. The lowest BCUT2D eigenvalue weighted by molar-refractivity contribution is -0.129. The molecule has 0 heterocycles. The number of hydrogen-bond acceptors (Lipinski definition) is 2. The molecule has 0 aliphatic rings. The Hall–Kier alpha value is -2.36. The van der Waals surface area contributed by atoms with Gasteiger partial charge in [-0.25, -0.2) is 0 Å². The molecule has 0 aromatic heterocycles. The van der Waals surface area contributed by atoms with Crippen molar-refractivity contribution in [2.45, 2.75) is 39.8 Å². The van der Waals surface area contributed by atoms with E-state index in [0.29, 0.717) is 0 Å². The van der Waals surface area contributed by atoms with Crippen molar-refractivity contribution in [2.75, 3.05) is 0 Å². The minimum atomic E-state index is -0.523. The highest BCUT2D eigenvalue weighted by Gasteiger charge is 2.24. The van der Waals surface area contributed by atoms with E-state index in [1.54, 1.807) is 0 Å². The fraction of sp³-hybridized carbons (Fsp3) is 0.368. The highest BCUT2D eigenvalue weighted by atomic mass is 16.2. The Balaban J connectivity index is 2.21. The molecule has 23 heavy (non-hydrogen) atoms. The fourth-order valence-corrected chi connectivity index (χ4v) is 2.76. The molecule has 2 rings (SSSR count). The number of nitrogens with one attached hydrogen (secondary N) is 2. The lowest BCUT2D eigenvalue weighted by atomic mass is 9.98. The van der Waals surface area contributed by atoms with Gasteiger partial charge in [-0.15, -0.1) is 0 Å². The van der Waals surface area contributed by atoms with Gasteiger partial charge in [-0.2, -0.15) is 0 Å². The summed E-state index contributed by atoms with van der Waals surface area (Å²) in [5.74, 6) is -0.328. The number of carbonyl (C=O) groups is 2. The van der Waals surface area contributed by atoms with E-state index in [1.165, 1.54) is 6.92 Å². The lowest BCUT2D eigenvalue weighted by Gasteiger charge is -2.24. The van der Waals surface area contributed by atoms with Crippen molar-refractivity contribution in [2.24, 2.45) is 5.92 Å². The van der Waals surface area contributed by atoms with Crippen LogP contribution in [0.25, 0.3) is 10.8 Å². The summed E-state index contributed by atoms with van der Waals surface area (Å²) in [6, 6.07) is 13.5. The zero-order valence-corrected chi connectivity index (χ0v) is 14.1. The summed E-state index contributed by atoms with van der Waals surface area (Å²) in [4.78, 5) is 23.8. The molecule has 0 aliphatic heterocycles. The standard InChI is InChI=1S/C19H24N2O2/c1-12(2)18(21-14(4)22)19(23)20-13(3)16-11-7-9-15-8-5-6-10-17(15)16/h5-13,18H,1-4H3,(H,20,23)(H,21,22)/t13-,18+/m1/s1. The molecule has 0 radical (unpaired) electrons. The Morgan fingerprint density at radius 3 is 2.22 bits per heavy atom. The first-order chi connectivity index (χ1) is 10.9. The molecule has 122 valence electrons. The van der Waals surface area contributed by atoms with Gasteiger partial charge in [0.2, 0.25) is 11.8 Å². The van der Waals surface area contributed by atoms with Crippen LogP contribution in [-0.2, 0) is 9.59 Å². The van der Waals surface area contributed by atoms with Crippen molar-refractivity contribution in [3.63, 3.8) is 0 Å². The highest BCUT2D eigenvalue weighted by Crippen LogP contribution is 2.24. The molecular formula is C19H24N2O2. The second-order valence-electron chi connectivity index (χ2n) is 6.22. The molecule has 0 fully saturated rings. The Labute approximate surface area is 137 Å². The van der Waals surface area contributed by atoms with Gasteiger partial charge in [0.25, 0.3) is 0 Å². The third kappa shape index (κ3) is 4.09. The largest absolute Gasteiger partial charge is 0.348 e. The first-order valence-corrected chi connectivity index (χ1v) is 7.95. The lowest BCUT2D eigenvalue weighted by Crippen LogP contribution is -2.49. The van der Waals surface area contributed by atoms with E-state index in [2.05, 4.69) is 28.8 Å². The molecule has 0 unspecified atom stereocenters. The van der Waals surface area contributed by atoms with Crippen LogP contribution in [0.4, 0.5) is 0 Å². The van der Waals surface area contributed by atoms with Crippen LogP contribution in [0.15, 0.2) is 42.5 Å². The molecule has 0 aliphatic carbocycles. The number of amides is 2. The number of fused-ring (bicyclic) bond motifs is 1. The predicted molar refractivity (Wildman–Crippen MR) is 92.9 cm³/mol. The van der Waals surface area contributed by atoms with Crippen molar-refractivity contribution >= 4 is 22.6 Å². The van der Waals surface area contributed by atoms with Crippen LogP contribution < -0.4 is 10.6 Å². The van der Waals surface area contributed by atoms with Gasteiger partial charge in [-0.1, -0.05) is 56.3 Å². The summed E-state index contributed by atoms with van der Waals surface area (Å²) in [7, 11) is 0. The van der Waals surface area contributed by atoms with Crippen LogP contribution in [0.1, 0.15) is 39.3 Å². The Morgan fingerprint density at radius 1 is 0.913 bits per heavy atom.